The lowest BCUT2D eigenvalue weighted by Gasteiger charge is -2.17. The summed E-state index contributed by atoms with van der Waals surface area (Å²) in [5.41, 5.74) is 2.13. The maximum atomic E-state index is 8.49. The molecule has 23 heavy (non-hydrogen) atoms. The zero-order valence-electron chi connectivity index (χ0n) is 12.5. The Labute approximate surface area is 136 Å². The summed E-state index contributed by atoms with van der Waals surface area (Å²) in [5.74, 6) is 0.943. The van der Waals surface area contributed by atoms with E-state index in [1.54, 1.807) is 0 Å². The van der Waals surface area contributed by atoms with Crippen molar-refractivity contribution < 1.29 is 33.3 Å². The highest BCUT2D eigenvalue weighted by Gasteiger charge is 2.13. The van der Waals surface area contributed by atoms with Crippen LogP contribution >= 0.6 is 0 Å². The van der Waals surface area contributed by atoms with Crippen molar-refractivity contribution in [3.8, 4) is 11.3 Å². The quantitative estimate of drug-likeness (QED) is 0.566. The number of benzene rings is 1. The van der Waals surface area contributed by atoms with Crippen molar-refractivity contribution in [2.75, 3.05) is 13.1 Å². The topological polar surface area (TPSA) is 108 Å². The Balaban J connectivity index is 0.000000338. The molecule has 1 aliphatic heterocycles. The van der Waals surface area contributed by atoms with Gasteiger partial charge in [-0.2, -0.15) is 4.58 Å². The van der Waals surface area contributed by atoms with E-state index in [4.69, 9.17) is 23.1 Å². The summed E-state index contributed by atoms with van der Waals surface area (Å²) in [4.78, 5) is 0. The Bertz CT molecular complexity index is 665. The number of halogens is 1. The van der Waals surface area contributed by atoms with Gasteiger partial charge in [-0.05, 0) is 18.6 Å². The SMILES string of the molecule is [O-][Cl+3]([O-])([O-])[O-].c1ccc(-c2cccc(=[N+]3CCCCC3)o2)cc1. The minimum absolute atomic E-state index is 0.943. The van der Waals surface area contributed by atoms with Gasteiger partial charge in [0.2, 0.25) is 0 Å². The predicted octanol–water partition coefficient (Wildman–Crippen LogP) is -1.85. The highest BCUT2D eigenvalue weighted by Crippen LogP contribution is 2.16. The lowest BCUT2D eigenvalue weighted by Crippen LogP contribution is -2.68. The van der Waals surface area contributed by atoms with E-state index in [1.807, 2.05) is 24.3 Å². The van der Waals surface area contributed by atoms with Gasteiger partial charge in [0.25, 0.3) is 0 Å². The molecule has 0 bridgehead atoms. The summed E-state index contributed by atoms with van der Waals surface area (Å²) in [6.07, 6.45) is 3.88. The smallest absolute Gasteiger partial charge is 0.367 e. The van der Waals surface area contributed by atoms with E-state index in [-0.39, 0.29) is 0 Å². The van der Waals surface area contributed by atoms with Crippen LogP contribution in [-0.2, 0) is 0 Å². The van der Waals surface area contributed by atoms with Crippen molar-refractivity contribution in [1.29, 1.82) is 0 Å². The molecule has 1 aromatic heterocycles. The zero-order chi connectivity index (χ0) is 16.7. The summed E-state index contributed by atoms with van der Waals surface area (Å²) in [5, 5.41) is 0. The normalized spacial score (nSPS) is 14.9. The molecule has 0 spiro atoms. The third-order valence-electron chi connectivity index (χ3n) is 3.43. The van der Waals surface area contributed by atoms with Crippen LogP contribution in [0.25, 0.3) is 11.3 Å². The average molecular weight is 340 g/mol. The van der Waals surface area contributed by atoms with Gasteiger partial charge in [0.05, 0.1) is 6.07 Å². The van der Waals surface area contributed by atoms with E-state index in [1.165, 1.54) is 19.3 Å². The molecule has 0 radical (unpaired) electrons. The molecule has 2 heterocycles. The lowest BCUT2D eigenvalue weighted by atomic mass is 10.1. The van der Waals surface area contributed by atoms with Gasteiger partial charge in [-0.25, -0.2) is 18.6 Å². The molecule has 1 aromatic carbocycles. The van der Waals surface area contributed by atoms with Crippen LogP contribution < -0.4 is 28.8 Å². The van der Waals surface area contributed by atoms with Crippen molar-refractivity contribution in [2.24, 2.45) is 0 Å². The zero-order valence-corrected chi connectivity index (χ0v) is 13.3. The molecular weight excluding hydrogens is 322 g/mol. The van der Waals surface area contributed by atoms with Crippen LogP contribution in [0.3, 0.4) is 0 Å². The van der Waals surface area contributed by atoms with E-state index in [9.17, 15) is 0 Å². The number of piperidine rings is 1. The molecule has 0 unspecified atom stereocenters. The molecule has 2 aromatic rings. The van der Waals surface area contributed by atoms with Gasteiger partial charge in [-0.15, -0.1) is 10.2 Å². The minimum Gasteiger partial charge on any atom is -0.405 e. The second kappa shape index (κ2) is 8.24. The van der Waals surface area contributed by atoms with E-state index >= 15 is 0 Å². The molecule has 0 amide bonds. The Kier molecular flexibility index (Phi) is 6.32. The molecule has 3 rings (SSSR count). The predicted molar refractivity (Wildman–Crippen MR) is 73.0 cm³/mol. The molecule has 0 atom stereocenters. The lowest BCUT2D eigenvalue weighted by molar-refractivity contribution is -2.00. The Morgan fingerprint density at radius 1 is 0.783 bits per heavy atom. The van der Waals surface area contributed by atoms with Gasteiger partial charge < -0.3 is 4.42 Å². The fourth-order valence-corrected chi connectivity index (χ4v) is 2.44. The third-order valence-corrected chi connectivity index (χ3v) is 3.43. The first-order valence-electron chi connectivity index (χ1n) is 7.29. The van der Waals surface area contributed by atoms with Gasteiger partial charge >= 0.3 is 5.55 Å². The van der Waals surface area contributed by atoms with Crippen molar-refractivity contribution in [1.82, 2.24) is 4.58 Å². The molecule has 7 heteroatoms. The van der Waals surface area contributed by atoms with E-state index < -0.39 is 10.2 Å². The summed E-state index contributed by atoms with van der Waals surface area (Å²) >= 11 is 0. The van der Waals surface area contributed by atoms with Gasteiger partial charge in [0, 0.05) is 18.4 Å². The van der Waals surface area contributed by atoms with Gasteiger partial charge in [-0.3, -0.25) is 0 Å². The molecule has 0 aliphatic carbocycles. The van der Waals surface area contributed by atoms with Crippen LogP contribution in [0, 0.1) is 10.2 Å². The van der Waals surface area contributed by atoms with E-state index in [0.29, 0.717) is 0 Å². The molecule has 1 saturated heterocycles. The molecule has 1 fully saturated rings. The van der Waals surface area contributed by atoms with Crippen LogP contribution in [0.15, 0.2) is 52.9 Å². The second-order valence-corrected chi connectivity index (χ2v) is 5.88. The van der Waals surface area contributed by atoms with Crippen LogP contribution in [0.1, 0.15) is 19.3 Å². The summed E-state index contributed by atoms with van der Waals surface area (Å²) < 4.78 is 42.3. The molecular formula is C16H18ClNO5. The van der Waals surface area contributed by atoms with Crippen molar-refractivity contribution >= 4 is 0 Å². The monoisotopic (exact) mass is 339 g/mol. The first kappa shape index (κ1) is 17.7. The second-order valence-electron chi connectivity index (χ2n) is 5.12. The minimum atomic E-state index is -4.94. The molecule has 0 N–H and O–H groups in total. The van der Waals surface area contributed by atoms with Crippen LogP contribution in [0.2, 0.25) is 0 Å². The van der Waals surface area contributed by atoms with Crippen molar-refractivity contribution in [3.05, 3.63) is 54.1 Å². The Morgan fingerprint density at radius 3 is 2.00 bits per heavy atom. The number of hydrogen-bond donors (Lipinski definition) is 0. The van der Waals surface area contributed by atoms with E-state index in [0.717, 1.165) is 30.0 Å². The molecule has 0 saturated carbocycles. The standard InChI is InChI=1S/C16H18NO.ClHO4/c1-3-8-14(9-4-1)15-10-7-11-16(18-15)17-12-5-2-6-13-17;2-1(3,4)5/h1,3-4,7-11H,2,5-6,12-13H2;(H,2,3,4,5)/q+1;/p-1. The molecule has 6 nitrogen and oxygen atoms in total. The highest BCUT2D eigenvalue weighted by molar-refractivity contribution is 5.56. The van der Waals surface area contributed by atoms with E-state index in [2.05, 4.69) is 28.8 Å². The molecule has 124 valence electrons. The fraction of sp³-hybridized carbons (Fsp3) is 0.312. The van der Waals surface area contributed by atoms with Crippen LogP contribution in [0.5, 0.6) is 0 Å². The van der Waals surface area contributed by atoms with Crippen LogP contribution in [-0.4, -0.2) is 13.1 Å². The van der Waals surface area contributed by atoms with Gasteiger partial charge in [0.15, 0.2) is 0 Å². The largest absolute Gasteiger partial charge is 0.405 e. The Morgan fingerprint density at radius 2 is 1.39 bits per heavy atom. The van der Waals surface area contributed by atoms with Crippen molar-refractivity contribution in [2.45, 2.75) is 19.3 Å². The van der Waals surface area contributed by atoms with Crippen LogP contribution in [0.4, 0.5) is 0 Å². The highest BCUT2D eigenvalue weighted by atomic mass is 35.7. The van der Waals surface area contributed by atoms with Crippen molar-refractivity contribution in [3.63, 3.8) is 0 Å². The average Bonchev–Trinajstić information content (AvgIpc) is 2.55. The maximum absolute atomic E-state index is 8.49. The fourth-order valence-electron chi connectivity index (χ4n) is 2.44. The van der Waals surface area contributed by atoms with Gasteiger partial charge in [-0.1, -0.05) is 30.3 Å². The summed E-state index contributed by atoms with van der Waals surface area (Å²) in [6, 6.07) is 16.4. The molecule has 1 aliphatic rings. The third kappa shape index (κ3) is 6.52. The first-order valence-corrected chi connectivity index (χ1v) is 8.52. The summed E-state index contributed by atoms with van der Waals surface area (Å²) in [6.45, 7) is 2.23. The maximum Gasteiger partial charge on any atom is 0.367 e. The number of hydrogen-bond acceptors (Lipinski definition) is 5. The first-order chi connectivity index (χ1) is 10.9. The Hall–Kier alpha value is -1.70. The summed E-state index contributed by atoms with van der Waals surface area (Å²) in [7, 11) is -4.94. The number of rotatable bonds is 1. The van der Waals surface area contributed by atoms with Gasteiger partial charge in [0.1, 0.15) is 18.8 Å². The number of nitrogens with zero attached hydrogens (tertiary/aromatic N) is 1.